The van der Waals surface area contributed by atoms with Gasteiger partial charge in [-0.25, -0.2) is 0 Å². The molecule has 0 N–H and O–H groups in total. The molecule has 1 rings (SSSR count). The molecule has 1 heterocycles. The van der Waals surface area contributed by atoms with Gasteiger partial charge in [-0.15, -0.1) is 0 Å². The molecule has 6 heteroatoms. The van der Waals surface area contributed by atoms with E-state index in [0.717, 1.165) is 48.5 Å². The number of rotatable bonds is 2. The van der Waals surface area contributed by atoms with Gasteiger partial charge in [0, 0.05) is 6.42 Å². The number of hydrogen-bond donors (Lipinski definition) is 0. The molecular weight excluding hydrogens is 245 g/mol. The summed E-state index contributed by atoms with van der Waals surface area (Å²) in [5.74, 6) is 0.976. The second-order valence-electron chi connectivity index (χ2n) is 3.24. The summed E-state index contributed by atoms with van der Waals surface area (Å²) < 4.78 is 36.4. The van der Waals surface area contributed by atoms with E-state index < -0.39 is 16.9 Å². The lowest BCUT2D eigenvalue weighted by Crippen LogP contribution is -2.21. The Labute approximate surface area is 94.9 Å². The van der Waals surface area contributed by atoms with Crippen LogP contribution in [0.4, 0.5) is 13.2 Å². The highest BCUT2D eigenvalue weighted by atomic mass is 32.2. The van der Waals surface area contributed by atoms with Crippen molar-refractivity contribution in [2.24, 2.45) is 0 Å². The van der Waals surface area contributed by atoms with Crippen LogP contribution in [0.15, 0.2) is 12.2 Å². The average molecular weight is 257 g/mol. The fourth-order valence-electron chi connectivity index (χ4n) is 1.16. The van der Waals surface area contributed by atoms with Crippen LogP contribution in [-0.4, -0.2) is 21.6 Å². The second kappa shape index (κ2) is 5.30. The van der Waals surface area contributed by atoms with Crippen molar-refractivity contribution in [3.8, 4) is 0 Å². The van der Waals surface area contributed by atoms with Crippen molar-refractivity contribution in [1.29, 1.82) is 0 Å². The fourth-order valence-corrected chi connectivity index (χ4v) is 3.91. The standard InChI is InChI=1S/C9H11F3OS2/c1-6(9(10,11)12)8(13)15-7-4-2-3-5-14-7/h7H,1-5H2/p+1. The first kappa shape index (κ1) is 13.0. The first-order valence-electron chi connectivity index (χ1n) is 4.55. The Bertz CT molecular complexity index is 257. The van der Waals surface area contributed by atoms with Gasteiger partial charge in [0.05, 0.1) is 0 Å². The number of carbonyl (C=O) groups excluding carboxylic acids is 1. The predicted molar refractivity (Wildman–Crippen MR) is 59.1 cm³/mol. The maximum atomic E-state index is 12.1. The minimum atomic E-state index is -4.59. The van der Waals surface area contributed by atoms with Gasteiger partial charge in [0.15, 0.2) is 4.58 Å². The highest BCUT2D eigenvalue weighted by molar-refractivity contribution is 8.20. The molecule has 1 fully saturated rings. The molecule has 1 aliphatic heterocycles. The molecule has 1 atom stereocenters. The average Bonchev–Trinajstić information content (AvgIpc) is 2.16. The summed E-state index contributed by atoms with van der Waals surface area (Å²) in [6, 6.07) is 0. The molecule has 0 radical (unpaired) electrons. The summed E-state index contributed by atoms with van der Waals surface area (Å²) in [6.07, 6.45) is -1.66. The van der Waals surface area contributed by atoms with Crippen LogP contribution in [0.1, 0.15) is 19.3 Å². The number of thiol groups is 1. The van der Waals surface area contributed by atoms with E-state index in [1.807, 2.05) is 0 Å². The Morgan fingerprint density at radius 2 is 2.07 bits per heavy atom. The van der Waals surface area contributed by atoms with Gasteiger partial charge in [0.25, 0.3) is 0 Å². The number of halogens is 3. The Morgan fingerprint density at radius 3 is 2.53 bits per heavy atom. The van der Waals surface area contributed by atoms with E-state index in [0.29, 0.717) is 0 Å². The zero-order valence-electron chi connectivity index (χ0n) is 8.01. The van der Waals surface area contributed by atoms with E-state index in [4.69, 9.17) is 0 Å². The molecule has 0 bridgehead atoms. The second-order valence-corrected chi connectivity index (χ2v) is 6.20. The van der Waals surface area contributed by atoms with Crippen molar-refractivity contribution < 1.29 is 18.0 Å². The molecule has 0 spiro atoms. The van der Waals surface area contributed by atoms with Gasteiger partial charge < -0.3 is 0 Å². The highest BCUT2D eigenvalue weighted by Gasteiger charge is 2.39. The zero-order valence-corrected chi connectivity index (χ0v) is 9.72. The molecule has 0 aromatic carbocycles. The number of hydrogen-bond acceptors (Lipinski definition) is 2. The molecule has 15 heavy (non-hydrogen) atoms. The Hall–Kier alpha value is -0.100. The topological polar surface area (TPSA) is 17.1 Å². The van der Waals surface area contributed by atoms with Crippen LogP contribution in [0.5, 0.6) is 0 Å². The molecule has 0 saturated carbocycles. The van der Waals surface area contributed by atoms with E-state index in [1.54, 1.807) is 0 Å². The Morgan fingerprint density at radius 1 is 1.40 bits per heavy atom. The van der Waals surface area contributed by atoms with Gasteiger partial charge in [-0.3, -0.25) is 4.79 Å². The number of thioether (sulfide) groups is 1. The first-order valence-corrected chi connectivity index (χ1v) is 6.58. The van der Waals surface area contributed by atoms with Crippen molar-refractivity contribution in [2.75, 3.05) is 5.75 Å². The van der Waals surface area contributed by atoms with Crippen LogP contribution < -0.4 is 0 Å². The number of alkyl halides is 3. The Kier molecular flexibility index (Phi) is 4.58. The van der Waals surface area contributed by atoms with Gasteiger partial charge >= 0.3 is 6.18 Å². The molecule has 1 saturated heterocycles. The minimum absolute atomic E-state index is 0.0188. The van der Waals surface area contributed by atoms with E-state index in [2.05, 4.69) is 6.58 Å². The maximum Gasteiger partial charge on any atom is 0.420 e. The van der Waals surface area contributed by atoms with Crippen LogP contribution in [0.2, 0.25) is 0 Å². The maximum absolute atomic E-state index is 12.1. The third kappa shape index (κ3) is 4.10. The van der Waals surface area contributed by atoms with Gasteiger partial charge in [-0.1, -0.05) is 6.58 Å². The van der Waals surface area contributed by atoms with Gasteiger partial charge in [-0.2, -0.15) is 13.2 Å². The summed E-state index contributed by atoms with van der Waals surface area (Å²) in [7, 11) is 0. The number of carbonyl (C=O) groups is 1. The van der Waals surface area contributed by atoms with Crippen molar-refractivity contribution in [1.82, 2.24) is 0 Å². The highest BCUT2D eigenvalue weighted by Crippen LogP contribution is 2.32. The molecule has 0 aromatic rings. The summed E-state index contributed by atoms with van der Waals surface area (Å²) in [5.41, 5.74) is -1.24. The summed E-state index contributed by atoms with van der Waals surface area (Å²) >= 11 is 1.86. The van der Waals surface area contributed by atoms with Crippen LogP contribution in [-0.2, 0) is 16.6 Å². The van der Waals surface area contributed by atoms with Crippen LogP contribution in [0.3, 0.4) is 0 Å². The van der Waals surface area contributed by atoms with Crippen molar-refractivity contribution in [3.05, 3.63) is 12.2 Å². The fraction of sp³-hybridized carbons (Fsp3) is 0.667. The quantitative estimate of drug-likeness (QED) is 0.430. The smallest absolute Gasteiger partial charge is 0.281 e. The third-order valence-electron chi connectivity index (χ3n) is 2.02. The van der Waals surface area contributed by atoms with Crippen molar-refractivity contribution in [2.45, 2.75) is 30.0 Å². The van der Waals surface area contributed by atoms with Gasteiger partial charge in [0.2, 0.25) is 5.12 Å². The van der Waals surface area contributed by atoms with Crippen molar-refractivity contribution in [3.63, 3.8) is 0 Å². The lowest BCUT2D eigenvalue weighted by atomic mass is 10.3. The van der Waals surface area contributed by atoms with E-state index in [-0.39, 0.29) is 4.58 Å². The molecule has 0 amide bonds. The molecule has 86 valence electrons. The molecule has 1 nitrogen and oxygen atoms in total. The molecule has 1 unspecified atom stereocenters. The lowest BCUT2D eigenvalue weighted by molar-refractivity contribution is -0.121. The van der Waals surface area contributed by atoms with E-state index in [1.165, 1.54) is 0 Å². The predicted octanol–water partition coefficient (Wildman–Crippen LogP) is 2.69. The molecule has 0 aliphatic carbocycles. The normalized spacial score (nSPS) is 22.5. The monoisotopic (exact) mass is 257 g/mol. The van der Waals surface area contributed by atoms with Crippen LogP contribution in [0, 0.1) is 0 Å². The van der Waals surface area contributed by atoms with Gasteiger partial charge in [-0.05, 0) is 36.4 Å². The zero-order chi connectivity index (χ0) is 11.5. The third-order valence-corrected chi connectivity index (χ3v) is 5.00. The van der Waals surface area contributed by atoms with E-state index in [9.17, 15) is 18.0 Å². The summed E-state index contributed by atoms with van der Waals surface area (Å²) in [5, 5.41) is -0.929. The van der Waals surface area contributed by atoms with Crippen molar-refractivity contribution >= 4 is 28.6 Å². The SMILES string of the molecule is C=C(C(=O)SC1CCCC[SH+]1)C(F)(F)F. The summed E-state index contributed by atoms with van der Waals surface area (Å²) in [4.78, 5) is 11.2. The lowest BCUT2D eigenvalue weighted by Gasteiger charge is -2.14. The Balaban J connectivity index is 2.44. The largest absolute Gasteiger partial charge is 0.420 e. The molecule has 1 aliphatic rings. The molecular formula is C9H12F3OS2+. The van der Waals surface area contributed by atoms with Crippen LogP contribution in [0.25, 0.3) is 0 Å². The molecule has 0 aromatic heterocycles. The minimum Gasteiger partial charge on any atom is -0.281 e. The first-order chi connectivity index (χ1) is 6.91. The van der Waals surface area contributed by atoms with E-state index >= 15 is 0 Å². The van der Waals surface area contributed by atoms with Gasteiger partial charge in [0.1, 0.15) is 11.3 Å². The summed E-state index contributed by atoms with van der Waals surface area (Å²) in [6.45, 7) is 2.79. The van der Waals surface area contributed by atoms with Crippen LogP contribution >= 0.6 is 11.8 Å².